The number of hydrogen-bond donors (Lipinski definition) is 2. The Hall–Kier alpha value is -1.06. The minimum absolute atomic E-state index is 0.0430. The van der Waals surface area contributed by atoms with E-state index in [4.69, 9.17) is 11.1 Å². The molecule has 1 aliphatic carbocycles. The third kappa shape index (κ3) is 1.71. The Morgan fingerprint density at radius 3 is 2.56 bits per heavy atom. The van der Waals surface area contributed by atoms with Crippen LogP contribution >= 0.6 is 0 Å². The number of amidine groups is 1. The Morgan fingerprint density at radius 2 is 2.22 bits per heavy atom. The molecule has 1 saturated carbocycles. The molecule has 0 saturated heterocycles. The average molecular weight is 128 g/mol. The predicted molar refractivity (Wildman–Crippen MR) is 31.0 cm³/mol. The number of carbonyl (C=O) groups excluding carboxylic acids is 1. The summed E-state index contributed by atoms with van der Waals surface area (Å²) >= 11 is 0. The topological polar surface area (TPSA) is 76.2 Å². The molecule has 0 bridgehead atoms. The second kappa shape index (κ2) is 2.05. The first-order valence-corrected chi connectivity index (χ1v) is 2.75. The molecule has 0 aromatic heterocycles. The van der Waals surface area contributed by atoms with E-state index in [1.807, 2.05) is 0 Å². The highest BCUT2D eigenvalue weighted by molar-refractivity contribution is 6.33. The lowest BCUT2D eigenvalue weighted by Crippen LogP contribution is -2.25. The normalized spacial score (nSPS) is 16.9. The molecule has 1 fully saturated rings. The maximum Gasteiger partial charge on any atom is 0.373 e. The Labute approximate surface area is 52.5 Å². The van der Waals surface area contributed by atoms with E-state index < -0.39 is 11.8 Å². The lowest BCUT2D eigenvalue weighted by molar-refractivity contribution is -0.136. The van der Waals surface area contributed by atoms with Gasteiger partial charge in [-0.1, -0.05) is 0 Å². The van der Waals surface area contributed by atoms with Gasteiger partial charge in [0.1, 0.15) is 6.10 Å². The van der Waals surface area contributed by atoms with Crippen molar-refractivity contribution in [3.8, 4) is 0 Å². The molecule has 0 aliphatic heterocycles. The molecule has 0 aromatic rings. The van der Waals surface area contributed by atoms with Gasteiger partial charge in [0.15, 0.2) is 0 Å². The van der Waals surface area contributed by atoms with Gasteiger partial charge in [-0.3, -0.25) is 5.41 Å². The van der Waals surface area contributed by atoms with Crippen molar-refractivity contribution < 1.29 is 9.53 Å². The molecule has 1 aliphatic rings. The van der Waals surface area contributed by atoms with Gasteiger partial charge >= 0.3 is 5.97 Å². The summed E-state index contributed by atoms with van der Waals surface area (Å²) < 4.78 is 4.63. The average Bonchev–Trinajstić information content (AvgIpc) is 2.50. The van der Waals surface area contributed by atoms with Gasteiger partial charge in [-0.2, -0.15) is 0 Å². The lowest BCUT2D eigenvalue weighted by Gasteiger charge is -1.97. The van der Waals surface area contributed by atoms with Gasteiger partial charge in [0.2, 0.25) is 5.84 Å². The zero-order chi connectivity index (χ0) is 6.85. The van der Waals surface area contributed by atoms with Gasteiger partial charge in [0, 0.05) is 0 Å². The van der Waals surface area contributed by atoms with Gasteiger partial charge in [0.05, 0.1) is 0 Å². The van der Waals surface area contributed by atoms with E-state index in [1.165, 1.54) is 0 Å². The second-order valence-electron chi connectivity index (χ2n) is 2.02. The van der Waals surface area contributed by atoms with E-state index in [9.17, 15) is 4.79 Å². The number of hydrogen-bond acceptors (Lipinski definition) is 3. The van der Waals surface area contributed by atoms with Crippen LogP contribution in [0.2, 0.25) is 0 Å². The predicted octanol–water partition coefficient (Wildman–Crippen LogP) is -0.372. The minimum atomic E-state index is -0.697. The van der Waals surface area contributed by atoms with Crippen molar-refractivity contribution in [3.63, 3.8) is 0 Å². The summed E-state index contributed by atoms with van der Waals surface area (Å²) in [6.45, 7) is 0. The first kappa shape index (κ1) is 6.07. The zero-order valence-corrected chi connectivity index (χ0v) is 4.89. The van der Waals surface area contributed by atoms with Crippen molar-refractivity contribution in [3.05, 3.63) is 0 Å². The highest BCUT2D eigenvalue weighted by Gasteiger charge is 2.26. The fourth-order valence-electron chi connectivity index (χ4n) is 0.401. The monoisotopic (exact) mass is 128 g/mol. The smallest absolute Gasteiger partial charge is 0.373 e. The quantitative estimate of drug-likeness (QED) is 0.287. The Kier molecular flexibility index (Phi) is 1.38. The molecule has 0 radical (unpaired) electrons. The number of nitrogens with two attached hydrogens (primary N) is 1. The van der Waals surface area contributed by atoms with Crippen molar-refractivity contribution in [2.75, 3.05) is 0 Å². The molecule has 4 nitrogen and oxygen atoms in total. The summed E-state index contributed by atoms with van der Waals surface area (Å²) in [7, 11) is 0. The molecule has 0 amide bonds. The van der Waals surface area contributed by atoms with Gasteiger partial charge < -0.3 is 10.5 Å². The number of rotatable bonds is 1. The SMILES string of the molecule is N=C(N)C(=O)OC1CC1. The van der Waals surface area contributed by atoms with Crippen LogP contribution in [0.5, 0.6) is 0 Å². The molecular weight excluding hydrogens is 120 g/mol. The molecule has 0 aromatic carbocycles. The Balaban J connectivity index is 2.25. The van der Waals surface area contributed by atoms with Crippen molar-refractivity contribution >= 4 is 11.8 Å². The third-order valence-electron chi connectivity index (χ3n) is 1.02. The summed E-state index contributed by atoms with van der Waals surface area (Å²) in [6.07, 6.45) is 1.87. The summed E-state index contributed by atoms with van der Waals surface area (Å²) in [6, 6.07) is 0. The highest BCUT2D eigenvalue weighted by atomic mass is 16.5. The van der Waals surface area contributed by atoms with Crippen molar-refractivity contribution in [2.45, 2.75) is 18.9 Å². The summed E-state index contributed by atoms with van der Waals surface area (Å²) in [5.74, 6) is -1.21. The van der Waals surface area contributed by atoms with Crippen LogP contribution in [0.15, 0.2) is 0 Å². The van der Waals surface area contributed by atoms with Crippen LogP contribution in [0.25, 0.3) is 0 Å². The molecule has 9 heavy (non-hydrogen) atoms. The highest BCUT2D eigenvalue weighted by Crippen LogP contribution is 2.23. The van der Waals surface area contributed by atoms with E-state index >= 15 is 0 Å². The maximum absolute atomic E-state index is 10.4. The number of ether oxygens (including phenoxy) is 1. The standard InChI is InChI=1S/C5H8N2O2/c6-4(7)5(8)9-3-1-2-3/h3H,1-2H2,(H3,6,7). The van der Waals surface area contributed by atoms with Crippen LogP contribution < -0.4 is 5.73 Å². The first-order chi connectivity index (χ1) is 4.20. The van der Waals surface area contributed by atoms with Crippen molar-refractivity contribution in [1.82, 2.24) is 0 Å². The number of carbonyl (C=O) groups is 1. The molecule has 4 heteroatoms. The van der Waals surface area contributed by atoms with E-state index in [-0.39, 0.29) is 6.10 Å². The van der Waals surface area contributed by atoms with E-state index in [0.29, 0.717) is 0 Å². The number of nitrogens with one attached hydrogen (secondary N) is 1. The molecule has 1 rings (SSSR count). The molecule has 0 atom stereocenters. The van der Waals surface area contributed by atoms with E-state index in [1.54, 1.807) is 0 Å². The van der Waals surface area contributed by atoms with Crippen LogP contribution in [0.3, 0.4) is 0 Å². The Morgan fingerprint density at radius 1 is 1.67 bits per heavy atom. The van der Waals surface area contributed by atoms with Gasteiger partial charge in [-0.15, -0.1) is 0 Å². The van der Waals surface area contributed by atoms with E-state index in [2.05, 4.69) is 4.74 Å². The molecule has 0 spiro atoms. The summed E-state index contributed by atoms with van der Waals surface area (Å²) in [5, 5.41) is 6.62. The fourth-order valence-corrected chi connectivity index (χ4v) is 0.401. The maximum atomic E-state index is 10.4. The molecular formula is C5H8N2O2. The summed E-state index contributed by atoms with van der Waals surface area (Å²) in [5.41, 5.74) is 4.82. The van der Waals surface area contributed by atoms with Crippen molar-refractivity contribution in [2.24, 2.45) is 5.73 Å². The largest absolute Gasteiger partial charge is 0.457 e. The first-order valence-electron chi connectivity index (χ1n) is 2.75. The van der Waals surface area contributed by atoms with Gasteiger partial charge in [0.25, 0.3) is 0 Å². The fraction of sp³-hybridized carbons (Fsp3) is 0.600. The van der Waals surface area contributed by atoms with Crippen LogP contribution in [-0.2, 0) is 9.53 Å². The van der Waals surface area contributed by atoms with Crippen LogP contribution in [0.1, 0.15) is 12.8 Å². The minimum Gasteiger partial charge on any atom is -0.457 e. The third-order valence-corrected chi connectivity index (χ3v) is 1.02. The van der Waals surface area contributed by atoms with Crippen LogP contribution in [0, 0.1) is 5.41 Å². The number of esters is 1. The molecule has 3 N–H and O–H groups in total. The Bertz CT molecular complexity index is 151. The van der Waals surface area contributed by atoms with E-state index in [0.717, 1.165) is 12.8 Å². The van der Waals surface area contributed by atoms with Crippen molar-refractivity contribution in [1.29, 1.82) is 5.41 Å². The molecule has 0 heterocycles. The summed E-state index contributed by atoms with van der Waals surface area (Å²) in [4.78, 5) is 10.4. The van der Waals surface area contributed by atoms with Gasteiger partial charge in [-0.05, 0) is 12.8 Å². The van der Waals surface area contributed by atoms with Crippen LogP contribution in [0.4, 0.5) is 0 Å². The molecule has 0 unspecified atom stereocenters. The van der Waals surface area contributed by atoms with Crippen LogP contribution in [-0.4, -0.2) is 17.9 Å². The zero-order valence-electron chi connectivity index (χ0n) is 4.89. The van der Waals surface area contributed by atoms with Gasteiger partial charge in [-0.25, -0.2) is 4.79 Å². The second-order valence-corrected chi connectivity index (χ2v) is 2.02. The lowest BCUT2D eigenvalue weighted by atomic mass is 10.6. The molecule has 50 valence electrons.